The summed E-state index contributed by atoms with van der Waals surface area (Å²) in [6, 6.07) is 0. The van der Waals surface area contributed by atoms with Crippen LogP contribution in [0.4, 0.5) is 11.6 Å². The van der Waals surface area contributed by atoms with Crippen LogP contribution < -0.4 is 10.2 Å². The van der Waals surface area contributed by atoms with E-state index in [1.807, 2.05) is 7.05 Å². The highest BCUT2D eigenvalue weighted by Crippen LogP contribution is 2.27. The fourth-order valence-electron chi connectivity index (χ4n) is 2.76. The summed E-state index contributed by atoms with van der Waals surface area (Å²) in [4.78, 5) is 11.7. The molecule has 1 N–H and O–H groups in total. The topological polar surface area (TPSA) is 50.3 Å². The third kappa shape index (κ3) is 3.20. The molecule has 0 saturated carbocycles. The van der Waals surface area contributed by atoms with Gasteiger partial charge < -0.3 is 15.0 Å². The van der Waals surface area contributed by atoms with Gasteiger partial charge >= 0.3 is 0 Å². The number of nitrogens with one attached hydrogen (secondary N) is 1. The number of aromatic nitrogens is 2. The second-order valence-corrected chi connectivity index (χ2v) is 5.38. The van der Waals surface area contributed by atoms with Gasteiger partial charge in [-0.1, -0.05) is 6.92 Å². The smallest absolute Gasteiger partial charge is 0.137 e. The SMILES string of the molecule is CCCc1nc(NC)c(C)c(N2CCCC(OC)C2)n1. The summed E-state index contributed by atoms with van der Waals surface area (Å²) < 4.78 is 5.52. The van der Waals surface area contributed by atoms with Gasteiger partial charge in [-0.2, -0.15) is 0 Å². The summed E-state index contributed by atoms with van der Waals surface area (Å²) in [7, 11) is 3.71. The van der Waals surface area contributed by atoms with Crippen LogP contribution in [0.15, 0.2) is 0 Å². The third-order valence-corrected chi connectivity index (χ3v) is 3.89. The number of piperidine rings is 1. The van der Waals surface area contributed by atoms with Crippen LogP contribution in [0.5, 0.6) is 0 Å². The van der Waals surface area contributed by atoms with Gasteiger partial charge in [0.05, 0.1) is 6.10 Å². The maximum absolute atomic E-state index is 5.52. The van der Waals surface area contributed by atoms with Gasteiger partial charge in [-0.3, -0.25) is 0 Å². The summed E-state index contributed by atoms with van der Waals surface area (Å²) in [5.41, 5.74) is 1.13. The summed E-state index contributed by atoms with van der Waals surface area (Å²) in [5.74, 6) is 2.93. The molecule has 0 amide bonds. The van der Waals surface area contributed by atoms with Crippen molar-refractivity contribution >= 4 is 11.6 Å². The van der Waals surface area contributed by atoms with Crippen molar-refractivity contribution in [1.29, 1.82) is 0 Å². The molecule has 2 heterocycles. The maximum Gasteiger partial charge on any atom is 0.137 e. The molecule has 1 atom stereocenters. The average Bonchev–Trinajstić information content (AvgIpc) is 2.49. The maximum atomic E-state index is 5.52. The molecule has 1 fully saturated rings. The minimum atomic E-state index is 0.311. The highest BCUT2D eigenvalue weighted by molar-refractivity contribution is 5.58. The van der Waals surface area contributed by atoms with Crippen LogP contribution in [0.25, 0.3) is 0 Å². The van der Waals surface area contributed by atoms with Crippen molar-refractivity contribution in [3.05, 3.63) is 11.4 Å². The molecule has 20 heavy (non-hydrogen) atoms. The van der Waals surface area contributed by atoms with Gasteiger partial charge in [0.15, 0.2) is 0 Å². The molecule has 0 aliphatic carbocycles. The molecule has 0 radical (unpaired) electrons. The zero-order valence-electron chi connectivity index (χ0n) is 13.1. The minimum Gasteiger partial charge on any atom is -0.380 e. The molecule has 5 heteroatoms. The molecule has 1 aromatic rings. The number of hydrogen-bond donors (Lipinski definition) is 1. The van der Waals surface area contributed by atoms with E-state index in [4.69, 9.17) is 9.72 Å². The first-order valence-electron chi connectivity index (χ1n) is 7.52. The Morgan fingerprint density at radius 1 is 1.40 bits per heavy atom. The highest BCUT2D eigenvalue weighted by Gasteiger charge is 2.23. The molecule has 112 valence electrons. The Hall–Kier alpha value is -1.36. The molecule has 1 aliphatic heterocycles. The van der Waals surface area contributed by atoms with E-state index in [2.05, 4.69) is 29.0 Å². The quantitative estimate of drug-likeness (QED) is 0.896. The third-order valence-electron chi connectivity index (χ3n) is 3.89. The van der Waals surface area contributed by atoms with Crippen molar-refractivity contribution in [2.45, 2.75) is 45.6 Å². The van der Waals surface area contributed by atoms with Crippen molar-refractivity contribution in [2.24, 2.45) is 0 Å². The van der Waals surface area contributed by atoms with E-state index in [1.54, 1.807) is 7.11 Å². The normalized spacial score (nSPS) is 19.2. The van der Waals surface area contributed by atoms with E-state index in [0.717, 1.165) is 61.8 Å². The monoisotopic (exact) mass is 278 g/mol. The molecule has 1 aromatic heterocycles. The van der Waals surface area contributed by atoms with E-state index in [0.29, 0.717) is 6.10 Å². The summed E-state index contributed by atoms with van der Waals surface area (Å²) in [6.07, 6.45) is 4.58. The van der Waals surface area contributed by atoms with Gasteiger partial charge in [-0.15, -0.1) is 0 Å². The van der Waals surface area contributed by atoms with Crippen molar-refractivity contribution in [3.63, 3.8) is 0 Å². The predicted molar refractivity (Wildman–Crippen MR) is 82.6 cm³/mol. The van der Waals surface area contributed by atoms with Crippen LogP contribution in [-0.4, -0.2) is 43.3 Å². The first-order valence-corrected chi connectivity index (χ1v) is 7.52. The summed E-state index contributed by atoms with van der Waals surface area (Å²) in [5, 5.41) is 3.19. The number of hydrogen-bond acceptors (Lipinski definition) is 5. The molecule has 1 aliphatic rings. The van der Waals surface area contributed by atoms with E-state index in [-0.39, 0.29) is 0 Å². The van der Waals surface area contributed by atoms with Crippen molar-refractivity contribution in [2.75, 3.05) is 37.5 Å². The zero-order chi connectivity index (χ0) is 14.5. The number of anilines is 2. The number of nitrogens with zero attached hydrogens (tertiary/aromatic N) is 3. The lowest BCUT2D eigenvalue weighted by molar-refractivity contribution is 0.0891. The Bertz CT molecular complexity index is 450. The second-order valence-electron chi connectivity index (χ2n) is 5.38. The van der Waals surface area contributed by atoms with Crippen LogP contribution >= 0.6 is 0 Å². The molecule has 0 spiro atoms. The molecule has 0 aromatic carbocycles. The Kier molecular flexibility index (Phi) is 5.17. The lowest BCUT2D eigenvalue weighted by Gasteiger charge is -2.34. The second kappa shape index (κ2) is 6.88. The van der Waals surface area contributed by atoms with Crippen LogP contribution in [0.1, 0.15) is 37.6 Å². The average molecular weight is 278 g/mol. The highest BCUT2D eigenvalue weighted by atomic mass is 16.5. The first-order chi connectivity index (χ1) is 9.69. The van der Waals surface area contributed by atoms with Crippen LogP contribution in [0, 0.1) is 6.92 Å². The molecule has 1 unspecified atom stereocenters. The Morgan fingerprint density at radius 3 is 2.85 bits per heavy atom. The Morgan fingerprint density at radius 2 is 2.20 bits per heavy atom. The molecule has 0 bridgehead atoms. The number of ether oxygens (including phenoxy) is 1. The van der Waals surface area contributed by atoms with E-state index >= 15 is 0 Å². The Labute approximate surface area is 121 Å². The predicted octanol–water partition coefficient (Wildman–Crippen LogP) is 2.39. The van der Waals surface area contributed by atoms with Gasteiger partial charge in [0.1, 0.15) is 17.5 Å². The number of rotatable bonds is 5. The largest absolute Gasteiger partial charge is 0.380 e. The molecular weight excluding hydrogens is 252 g/mol. The molecule has 2 rings (SSSR count). The minimum absolute atomic E-state index is 0.311. The van der Waals surface area contributed by atoms with Crippen LogP contribution in [-0.2, 0) is 11.2 Å². The van der Waals surface area contributed by atoms with Gasteiger partial charge in [-0.25, -0.2) is 9.97 Å². The standard InChI is InChI=1S/C15H26N4O/c1-5-7-13-17-14(16-3)11(2)15(18-13)19-9-6-8-12(10-19)20-4/h12H,5-10H2,1-4H3,(H,16,17,18). The van der Waals surface area contributed by atoms with Crippen LogP contribution in [0.3, 0.4) is 0 Å². The lowest BCUT2D eigenvalue weighted by atomic mass is 10.1. The molecular formula is C15H26N4O. The van der Waals surface area contributed by atoms with Gasteiger partial charge in [0, 0.05) is 39.2 Å². The van der Waals surface area contributed by atoms with Crippen LogP contribution in [0.2, 0.25) is 0 Å². The zero-order valence-corrected chi connectivity index (χ0v) is 13.1. The van der Waals surface area contributed by atoms with Crippen molar-refractivity contribution < 1.29 is 4.74 Å². The molecule has 1 saturated heterocycles. The van der Waals surface area contributed by atoms with E-state index in [1.165, 1.54) is 0 Å². The fourth-order valence-corrected chi connectivity index (χ4v) is 2.76. The van der Waals surface area contributed by atoms with Crippen molar-refractivity contribution in [1.82, 2.24) is 9.97 Å². The van der Waals surface area contributed by atoms with E-state index in [9.17, 15) is 0 Å². The van der Waals surface area contributed by atoms with E-state index < -0.39 is 0 Å². The fraction of sp³-hybridized carbons (Fsp3) is 0.733. The number of methoxy groups -OCH3 is 1. The summed E-state index contributed by atoms with van der Waals surface area (Å²) >= 11 is 0. The summed E-state index contributed by atoms with van der Waals surface area (Å²) in [6.45, 7) is 6.21. The van der Waals surface area contributed by atoms with Gasteiger partial charge in [0.2, 0.25) is 0 Å². The van der Waals surface area contributed by atoms with Gasteiger partial charge in [0.25, 0.3) is 0 Å². The first kappa shape index (κ1) is 15.0. The van der Waals surface area contributed by atoms with Gasteiger partial charge in [-0.05, 0) is 26.2 Å². The Balaban J connectivity index is 2.31. The molecule has 5 nitrogen and oxygen atoms in total. The lowest BCUT2D eigenvalue weighted by Crippen LogP contribution is -2.40. The van der Waals surface area contributed by atoms with Crippen molar-refractivity contribution in [3.8, 4) is 0 Å². The number of aryl methyl sites for hydroxylation is 1.